The number of alkyl halides is 3. The molecule has 0 spiro atoms. The number of allylic oxidation sites excluding steroid dienone is 2. The molecule has 0 saturated heterocycles. The molecule has 1 rings (SSSR count). The molecule has 0 amide bonds. The van der Waals surface area contributed by atoms with Crippen LogP contribution < -0.4 is 4.74 Å². The number of hydrogen-bond donors (Lipinski definition) is 0. The van der Waals surface area contributed by atoms with Gasteiger partial charge in [-0.05, 0) is 43.4 Å². The van der Waals surface area contributed by atoms with Crippen LogP contribution in [0.1, 0.15) is 32.8 Å². The van der Waals surface area contributed by atoms with Crippen LogP contribution in [0.25, 0.3) is 0 Å². The summed E-state index contributed by atoms with van der Waals surface area (Å²) in [4.78, 5) is 0. The van der Waals surface area contributed by atoms with Crippen LogP contribution in [-0.2, 0) is 6.42 Å². The summed E-state index contributed by atoms with van der Waals surface area (Å²) in [5.74, 6) is 0.224. The summed E-state index contributed by atoms with van der Waals surface area (Å²) in [6.07, 6.45) is -3.47. The van der Waals surface area contributed by atoms with Crippen LogP contribution in [0.2, 0.25) is 0 Å². The van der Waals surface area contributed by atoms with Crippen LogP contribution in [0, 0.1) is 5.92 Å². The van der Waals surface area contributed by atoms with Gasteiger partial charge in [-0.25, -0.2) is 0 Å². The Hall–Kier alpha value is -1.45. The van der Waals surface area contributed by atoms with Crippen molar-refractivity contribution >= 4 is 0 Å². The lowest BCUT2D eigenvalue weighted by Gasteiger charge is -2.21. The van der Waals surface area contributed by atoms with Gasteiger partial charge in [-0.3, -0.25) is 0 Å². The van der Waals surface area contributed by atoms with Gasteiger partial charge in [-0.15, -0.1) is 0 Å². The van der Waals surface area contributed by atoms with Gasteiger partial charge in [-0.2, -0.15) is 13.2 Å². The van der Waals surface area contributed by atoms with Crippen molar-refractivity contribution in [3.05, 3.63) is 41.0 Å². The molecule has 0 aliphatic heterocycles. The van der Waals surface area contributed by atoms with Crippen molar-refractivity contribution in [1.82, 2.24) is 0 Å². The molecule has 20 heavy (non-hydrogen) atoms. The number of ether oxygens (including phenoxy) is 1. The number of rotatable bonds is 5. The summed E-state index contributed by atoms with van der Waals surface area (Å²) >= 11 is 0. The first-order valence-corrected chi connectivity index (χ1v) is 6.69. The molecule has 0 radical (unpaired) electrons. The Bertz CT molecular complexity index is 458. The van der Waals surface area contributed by atoms with Crippen LogP contribution in [-0.4, -0.2) is 13.3 Å². The molecule has 112 valence electrons. The highest BCUT2D eigenvalue weighted by Gasteiger charge is 2.37. The number of benzene rings is 1. The maximum atomic E-state index is 13.2. The molecule has 1 unspecified atom stereocenters. The molecule has 0 bridgehead atoms. The Morgan fingerprint density at radius 2 is 1.75 bits per heavy atom. The summed E-state index contributed by atoms with van der Waals surface area (Å²) in [7, 11) is 1.56. The summed E-state index contributed by atoms with van der Waals surface area (Å²) < 4.78 is 44.5. The van der Waals surface area contributed by atoms with Gasteiger partial charge in [0, 0.05) is 5.57 Å². The second kappa shape index (κ2) is 6.82. The largest absolute Gasteiger partial charge is 0.497 e. The number of halogens is 3. The fraction of sp³-hybridized carbons (Fsp3) is 0.500. The van der Waals surface area contributed by atoms with Crippen LogP contribution >= 0.6 is 0 Å². The average Bonchev–Trinajstić information content (AvgIpc) is 2.37. The highest BCUT2D eigenvalue weighted by molar-refractivity contribution is 5.32. The molecule has 0 saturated carbocycles. The van der Waals surface area contributed by atoms with Crippen molar-refractivity contribution < 1.29 is 17.9 Å². The van der Waals surface area contributed by atoms with Crippen molar-refractivity contribution in [3.8, 4) is 5.75 Å². The summed E-state index contributed by atoms with van der Waals surface area (Å²) in [5.41, 5.74) is 0.848. The highest BCUT2D eigenvalue weighted by atomic mass is 19.4. The molecule has 0 aliphatic carbocycles. The minimum absolute atomic E-state index is 0.309. The molecular formula is C16H21F3O. The first-order chi connectivity index (χ1) is 9.29. The molecule has 0 heterocycles. The van der Waals surface area contributed by atoms with E-state index in [0.29, 0.717) is 24.2 Å². The number of hydrogen-bond acceptors (Lipinski definition) is 1. The first-order valence-electron chi connectivity index (χ1n) is 6.69. The number of methoxy groups -OCH3 is 1. The molecule has 0 N–H and O–H groups in total. The third kappa shape index (κ3) is 4.29. The molecule has 1 atom stereocenters. The summed E-state index contributed by atoms with van der Waals surface area (Å²) in [6, 6.07) is 7.12. The van der Waals surface area contributed by atoms with E-state index in [1.165, 1.54) is 0 Å². The van der Waals surface area contributed by atoms with E-state index in [1.54, 1.807) is 52.1 Å². The second-order valence-electron chi connectivity index (χ2n) is 5.03. The zero-order chi connectivity index (χ0) is 15.3. The van der Waals surface area contributed by atoms with Gasteiger partial charge in [0.25, 0.3) is 0 Å². The van der Waals surface area contributed by atoms with E-state index >= 15 is 0 Å². The van der Waals surface area contributed by atoms with E-state index in [2.05, 4.69) is 0 Å². The predicted molar refractivity (Wildman–Crippen MR) is 74.9 cm³/mol. The fourth-order valence-electron chi connectivity index (χ4n) is 2.29. The van der Waals surface area contributed by atoms with Crippen molar-refractivity contribution in [1.29, 1.82) is 0 Å². The lowest BCUT2D eigenvalue weighted by molar-refractivity contribution is -0.0995. The minimum atomic E-state index is -4.26. The molecule has 4 heteroatoms. The SMILES string of the molecule is CCC(C)C(=C(C)Cc1ccc(OC)cc1)C(F)(F)F. The Morgan fingerprint density at radius 3 is 2.15 bits per heavy atom. The molecule has 1 aromatic carbocycles. The van der Waals surface area contributed by atoms with E-state index in [1.807, 2.05) is 0 Å². The van der Waals surface area contributed by atoms with Crippen molar-refractivity contribution in [2.24, 2.45) is 5.92 Å². The summed E-state index contributed by atoms with van der Waals surface area (Å²) in [5, 5.41) is 0. The van der Waals surface area contributed by atoms with Gasteiger partial charge >= 0.3 is 6.18 Å². The van der Waals surface area contributed by atoms with E-state index in [4.69, 9.17) is 4.74 Å². The van der Waals surface area contributed by atoms with Crippen LogP contribution in [0.5, 0.6) is 5.75 Å². The van der Waals surface area contributed by atoms with Gasteiger partial charge in [0.2, 0.25) is 0 Å². The van der Waals surface area contributed by atoms with Gasteiger partial charge in [-0.1, -0.05) is 31.6 Å². The normalized spacial score (nSPS) is 14.8. The van der Waals surface area contributed by atoms with Gasteiger partial charge < -0.3 is 4.74 Å². The maximum Gasteiger partial charge on any atom is 0.412 e. The highest BCUT2D eigenvalue weighted by Crippen LogP contribution is 2.36. The van der Waals surface area contributed by atoms with Crippen molar-refractivity contribution in [2.45, 2.75) is 39.8 Å². The zero-order valence-corrected chi connectivity index (χ0v) is 12.3. The monoisotopic (exact) mass is 286 g/mol. The quantitative estimate of drug-likeness (QED) is 0.679. The second-order valence-corrected chi connectivity index (χ2v) is 5.03. The van der Waals surface area contributed by atoms with E-state index in [-0.39, 0.29) is 0 Å². The molecule has 0 aliphatic rings. The fourth-order valence-corrected chi connectivity index (χ4v) is 2.29. The van der Waals surface area contributed by atoms with Crippen LogP contribution in [0.15, 0.2) is 35.4 Å². The molecule has 1 aromatic rings. The van der Waals surface area contributed by atoms with Crippen LogP contribution in [0.3, 0.4) is 0 Å². The van der Waals surface area contributed by atoms with Gasteiger partial charge in [0.05, 0.1) is 7.11 Å². The molecular weight excluding hydrogens is 265 g/mol. The smallest absolute Gasteiger partial charge is 0.412 e. The van der Waals surface area contributed by atoms with E-state index < -0.39 is 17.7 Å². The zero-order valence-electron chi connectivity index (χ0n) is 12.3. The Balaban J connectivity index is 3.03. The minimum Gasteiger partial charge on any atom is -0.497 e. The molecule has 0 aromatic heterocycles. The third-order valence-corrected chi connectivity index (χ3v) is 3.50. The molecule has 0 fully saturated rings. The topological polar surface area (TPSA) is 9.23 Å². The standard InChI is InChI=1S/C16H21F3O/c1-5-11(2)15(16(17,18)19)12(3)10-13-6-8-14(20-4)9-7-13/h6-9,11H,5,10H2,1-4H3. The molecule has 1 nitrogen and oxygen atoms in total. The van der Waals surface area contributed by atoms with Crippen molar-refractivity contribution in [2.75, 3.05) is 7.11 Å². The maximum absolute atomic E-state index is 13.2. The van der Waals surface area contributed by atoms with E-state index in [0.717, 1.165) is 5.56 Å². The van der Waals surface area contributed by atoms with E-state index in [9.17, 15) is 13.2 Å². The lowest BCUT2D eigenvalue weighted by atomic mass is 9.90. The Morgan fingerprint density at radius 1 is 1.20 bits per heavy atom. The predicted octanol–water partition coefficient (Wildman–Crippen LogP) is 5.16. The van der Waals surface area contributed by atoms with Crippen LogP contribution in [0.4, 0.5) is 13.2 Å². The average molecular weight is 286 g/mol. The lowest BCUT2D eigenvalue weighted by Crippen LogP contribution is -2.20. The third-order valence-electron chi connectivity index (χ3n) is 3.50. The Kier molecular flexibility index (Phi) is 5.66. The van der Waals surface area contributed by atoms with Crippen molar-refractivity contribution in [3.63, 3.8) is 0 Å². The van der Waals surface area contributed by atoms with Gasteiger partial charge in [0.1, 0.15) is 5.75 Å². The van der Waals surface area contributed by atoms with Gasteiger partial charge in [0.15, 0.2) is 0 Å². The Labute approximate surface area is 118 Å². The first kappa shape index (κ1) is 16.6. The summed E-state index contributed by atoms with van der Waals surface area (Å²) in [6.45, 7) is 4.97.